The maximum absolute atomic E-state index is 13.7. The number of aromatic nitrogens is 3. The Balaban J connectivity index is 1.64. The number of nitrogens with zero attached hydrogens (tertiary/aromatic N) is 3. The number of thiazole rings is 1. The lowest BCUT2D eigenvalue weighted by atomic mass is 9.97. The van der Waals surface area contributed by atoms with E-state index in [0.29, 0.717) is 28.7 Å². The first kappa shape index (κ1) is 26.5. The molecule has 4 aromatic rings. The molecule has 12 heteroatoms. The third-order valence-electron chi connectivity index (χ3n) is 6.23. The van der Waals surface area contributed by atoms with Gasteiger partial charge < -0.3 is 4.74 Å². The van der Waals surface area contributed by atoms with Crippen molar-refractivity contribution in [2.45, 2.75) is 37.5 Å². The molecule has 1 aliphatic rings. The van der Waals surface area contributed by atoms with E-state index in [4.69, 9.17) is 26.6 Å². The first-order valence-corrected chi connectivity index (χ1v) is 14.8. The number of sulfonamides is 1. The van der Waals surface area contributed by atoms with Gasteiger partial charge in [-0.05, 0) is 74.1 Å². The number of primary sulfonamides is 1. The Bertz CT molecular complexity index is 1610. The highest BCUT2D eigenvalue weighted by Gasteiger charge is 2.29. The van der Waals surface area contributed by atoms with Gasteiger partial charge >= 0.3 is 5.97 Å². The van der Waals surface area contributed by atoms with E-state index in [-0.39, 0.29) is 28.0 Å². The minimum absolute atomic E-state index is 0.0310. The Kier molecular flexibility index (Phi) is 7.36. The summed E-state index contributed by atoms with van der Waals surface area (Å²) in [5.41, 5.74) is 4.12. The van der Waals surface area contributed by atoms with Crippen molar-refractivity contribution in [3.05, 3.63) is 81.2 Å². The van der Waals surface area contributed by atoms with Crippen LogP contribution in [0.15, 0.2) is 52.7 Å². The van der Waals surface area contributed by atoms with Gasteiger partial charge in [-0.3, -0.25) is 0 Å². The molecule has 0 aliphatic heterocycles. The number of esters is 1. The number of hydrogen-bond donors (Lipinski definition) is 1. The predicted molar refractivity (Wildman–Crippen MR) is 143 cm³/mol. The maximum Gasteiger partial charge on any atom is 0.357 e. The van der Waals surface area contributed by atoms with E-state index in [2.05, 4.69) is 4.98 Å². The van der Waals surface area contributed by atoms with Crippen LogP contribution in [0.3, 0.4) is 0 Å². The highest BCUT2D eigenvalue weighted by molar-refractivity contribution is 7.89. The van der Waals surface area contributed by atoms with E-state index >= 15 is 0 Å². The van der Waals surface area contributed by atoms with Crippen molar-refractivity contribution in [3.63, 3.8) is 0 Å². The Labute approximate surface area is 228 Å². The van der Waals surface area contributed by atoms with E-state index in [0.717, 1.165) is 36.1 Å². The van der Waals surface area contributed by atoms with Gasteiger partial charge in [0.1, 0.15) is 10.7 Å². The Hall–Kier alpha value is -3.12. The highest BCUT2D eigenvalue weighted by Crippen LogP contribution is 2.38. The SMILES string of the molecule is CCOC(=O)c1csc(-n2nc(-c3ccc(F)cc3)c(Cc3ccc(S(N)(=O)=O)c(Cl)c3)c2CC2CC2)n1. The van der Waals surface area contributed by atoms with Gasteiger partial charge in [-0.15, -0.1) is 11.3 Å². The van der Waals surface area contributed by atoms with Crippen molar-refractivity contribution in [1.29, 1.82) is 0 Å². The van der Waals surface area contributed by atoms with Crippen LogP contribution >= 0.6 is 22.9 Å². The number of carbonyl (C=O) groups excluding carboxylic acids is 1. The molecular formula is C26H24ClFN4O4S2. The fourth-order valence-electron chi connectivity index (χ4n) is 4.22. The molecule has 0 bridgehead atoms. The molecule has 198 valence electrons. The monoisotopic (exact) mass is 574 g/mol. The average Bonchev–Trinajstić information content (AvgIpc) is 3.42. The first-order chi connectivity index (χ1) is 18.1. The second-order valence-electron chi connectivity index (χ2n) is 9.06. The Morgan fingerprint density at radius 2 is 1.97 bits per heavy atom. The van der Waals surface area contributed by atoms with E-state index in [1.807, 2.05) is 0 Å². The quantitative estimate of drug-likeness (QED) is 0.276. The van der Waals surface area contributed by atoms with Crippen LogP contribution in [-0.2, 0) is 27.6 Å². The average molecular weight is 575 g/mol. The molecule has 0 unspecified atom stereocenters. The molecule has 2 N–H and O–H groups in total. The topological polar surface area (TPSA) is 117 Å². The van der Waals surface area contributed by atoms with Gasteiger partial charge in [-0.1, -0.05) is 17.7 Å². The summed E-state index contributed by atoms with van der Waals surface area (Å²) in [5.74, 6) is -0.380. The van der Waals surface area contributed by atoms with Crippen molar-refractivity contribution in [3.8, 4) is 16.4 Å². The molecule has 0 radical (unpaired) electrons. The zero-order valence-electron chi connectivity index (χ0n) is 20.4. The molecule has 1 aliphatic carbocycles. The van der Waals surface area contributed by atoms with Crippen LogP contribution < -0.4 is 5.14 Å². The first-order valence-electron chi connectivity index (χ1n) is 11.9. The highest BCUT2D eigenvalue weighted by atomic mass is 35.5. The second kappa shape index (κ2) is 10.6. The summed E-state index contributed by atoms with van der Waals surface area (Å²) in [5, 5.41) is 12.4. The van der Waals surface area contributed by atoms with Gasteiger partial charge in [-0.2, -0.15) is 5.10 Å². The number of ether oxygens (including phenoxy) is 1. The third kappa shape index (κ3) is 5.65. The van der Waals surface area contributed by atoms with E-state index in [9.17, 15) is 17.6 Å². The van der Waals surface area contributed by atoms with Crippen molar-refractivity contribution in [2.24, 2.45) is 11.1 Å². The maximum atomic E-state index is 13.7. The zero-order chi connectivity index (χ0) is 27.0. The van der Waals surface area contributed by atoms with Crippen LogP contribution in [0.4, 0.5) is 4.39 Å². The van der Waals surface area contributed by atoms with Crippen LogP contribution in [0.25, 0.3) is 16.4 Å². The fraction of sp³-hybridized carbons (Fsp3) is 0.269. The molecule has 38 heavy (non-hydrogen) atoms. The Morgan fingerprint density at radius 1 is 1.24 bits per heavy atom. The molecule has 0 saturated heterocycles. The summed E-state index contributed by atoms with van der Waals surface area (Å²) in [6, 6.07) is 10.7. The number of benzene rings is 2. The van der Waals surface area contributed by atoms with E-state index in [1.54, 1.807) is 41.3 Å². The summed E-state index contributed by atoms with van der Waals surface area (Å²) in [4.78, 5) is 16.6. The van der Waals surface area contributed by atoms with Gasteiger partial charge in [0.05, 0.1) is 23.0 Å². The van der Waals surface area contributed by atoms with Crippen LogP contribution in [0.2, 0.25) is 5.02 Å². The molecule has 0 atom stereocenters. The minimum atomic E-state index is -3.96. The van der Waals surface area contributed by atoms with Crippen LogP contribution in [0.1, 0.15) is 47.1 Å². The summed E-state index contributed by atoms with van der Waals surface area (Å²) in [6.07, 6.45) is 3.31. The molecule has 5 rings (SSSR count). The van der Waals surface area contributed by atoms with Crippen molar-refractivity contribution >= 4 is 38.9 Å². The molecular weight excluding hydrogens is 551 g/mol. The standard InChI is InChI=1S/C26H24ClFN4O4S2/c1-2-36-25(33)21-14-37-26(30-21)32-22(13-15-3-4-15)19(24(31-32)17-6-8-18(28)9-7-17)11-16-5-10-23(20(27)12-16)38(29,34)35/h5-10,12,14-15H,2-4,11,13H2,1H3,(H2,29,34,35). The summed E-state index contributed by atoms with van der Waals surface area (Å²) < 4.78 is 44.3. The molecule has 8 nitrogen and oxygen atoms in total. The largest absolute Gasteiger partial charge is 0.461 e. The lowest BCUT2D eigenvalue weighted by Gasteiger charge is -2.10. The molecule has 1 fully saturated rings. The smallest absolute Gasteiger partial charge is 0.357 e. The third-order valence-corrected chi connectivity index (χ3v) is 8.44. The molecule has 1 saturated carbocycles. The molecule has 2 aromatic heterocycles. The van der Waals surface area contributed by atoms with Crippen molar-refractivity contribution < 1.29 is 22.3 Å². The number of carbonyl (C=O) groups is 1. The second-order valence-corrected chi connectivity index (χ2v) is 11.8. The fourth-order valence-corrected chi connectivity index (χ4v) is 6.11. The number of hydrogen-bond acceptors (Lipinski definition) is 7. The van der Waals surface area contributed by atoms with E-state index in [1.165, 1.54) is 29.5 Å². The van der Waals surface area contributed by atoms with Crippen LogP contribution in [0, 0.1) is 11.7 Å². The normalized spacial score (nSPS) is 13.6. The lowest BCUT2D eigenvalue weighted by Crippen LogP contribution is -2.12. The predicted octanol–water partition coefficient (Wildman–Crippen LogP) is 5.16. The lowest BCUT2D eigenvalue weighted by molar-refractivity contribution is 0.0520. The van der Waals surface area contributed by atoms with Crippen molar-refractivity contribution in [2.75, 3.05) is 6.61 Å². The van der Waals surface area contributed by atoms with Gasteiger partial charge in [0, 0.05) is 22.9 Å². The van der Waals surface area contributed by atoms with Gasteiger partial charge in [0.2, 0.25) is 15.2 Å². The van der Waals surface area contributed by atoms with Gasteiger partial charge in [0.25, 0.3) is 0 Å². The van der Waals surface area contributed by atoms with Crippen LogP contribution in [0.5, 0.6) is 0 Å². The molecule has 0 amide bonds. The Morgan fingerprint density at radius 3 is 2.61 bits per heavy atom. The van der Waals surface area contributed by atoms with Gasteiger partial charge in [0.15, 0.2) is 5.69 Å². The number of nitrogens with two attached hydrogens (primary N) is 1. The van der Waals surface area contributed by atoms with E-state index < -0.39 is 16.0 Å². The van der Waals surface area contributed by atoms with Crippen LogP contribution in [-0.4, -0.2) is 35.8 Å². The molecule has 2 heterocycles. The number of halogens is 2. The zero-order valence-corrected chi connectivity index (χ0v) is 22.7. The summed E-state index contributed by atoms with van der Waals surface area (Å²) in [7, 11) is -3.96. The number of rotatable bonds is 9. The molecule has 2 aromatic carbocycles. The van der Waals surface area contributed by atoms with Crippen molar-refractivity contribution in [1.82, 2.24) is 14.8 Å². The van der Waals surface area contributed by atoms with Gasteiger partial charge in [-0.25, -0.2) is 32.4 Å². The summed E-state index contributed by atoms with van der Waals surface area (Å²) in [6.45, 7) is 1.97. The summed E-state index contributed by atoms with van der Waals surface area (Å²) >= 11 is 7.55. The minimum Gasteiger partial charge on any atom is -0.461 e. The molecule has 0 spiro atoms.